The number of amides is 1. The third-order valence-electron chi connectivity index (χ3n) is 3.22. The van der Waals surface area contributed by atoms with E-state index in [9.17, 15) is 10.1 Å². The van der Waals surface area contributed by atoms with Gasteiger partial charge in [0.1, 0.15) is 11.1 Å². The zero-order valence-corrected chi connectivity index (χ0v) is 11.2. The molecule has 0 aromatic carbocycles. The Bertz CT molecular complexity index is 327. The Morgan fingerprint density at radius 2 is 2.12 bits per heavy atom. The van der Waals surface area contributed by atoms with Gasteiger partial charge in [-0.05, 0) is 39.5 Å². The maximum atomic E-state index is 11.8. The molecule has 1 aliphatic carbocycles. The predicted octanol–water partition coefficient (Wildman–Crippen LogP) is 2.98. The summed E-state index contributed by atoms with van der Waals surface area (Å²) in [5.41, 5.74) is -1.28. The van der Waals surface area contributed by atoms with E-state index >= 15 is 0 Å². The van der Waals surface area contributed by atoms with E-state index in [1.807, 2.05) is 27.7 Å². The minimum absolute atomic E-state index is 0.175. The molecule has 2 atom stereocenters. The lowest BCUT2D eigenvalue weighted by Crippen LogP contribution is -2.54. The van der Waals surface area contributed by atoms with E-state index in [0.717, 1.165) is 19.3 Å². The van der Waals surface area contributed by atoms with Crippen LogP contribution in [0.5, 0.6) is 0 Å². The Labute approximate surface area is 103 Å². The van der Waals surface area contributed by atoms with E-state index in [1.54, 1.807) is 0 Å². The van der Waals surface area contributed by atoms with Crippen LogP contribution in [0.3, 0.4) is 0 Å². The fraction of sp³-hybridized carbons (Fsp3) is 0.846. The molecule has 0 aliphatic heterocycles. The second-order valence-corrected chi connectivity index (χ2v) is 5.86. The molecule has 0 unspecified atom stereocenters. The van der Waals surface area contributed by atoms with Crippen molar-refractivity contribution >= 4 is 6.09 Å². The summed E-state index contributed by atoms with van der Waals surface area (Å²) >= 11 is 0. The molecule has 1 fully saturated rings. The molecule has 1 N–H and O–H groups in total. The first kappa shape index (κ1) is 13.8. The molecule has 4 nitrogen and oxygen atoms in total. The molecule has 0 spiro atoms. The van der Waals surface area contributed by atoms with Gasteiger partial charge in [-0.25, -0.2) is 4.79 Å². The van der Waals surface area contributed by atoms with E-state index < -0.39 is 17.2 Å². The molecule has 0 aromatic heterocycles. The van der Waals surface area contributed by atoms with Gasteiger partial charge in [-0.1, -0.05) is 19.8 Å². The van der Waals surface area contributed by atoms with Gasteiger partial charge in [0.25, 0.3) is 0 Å². The van der Waals surface area contributed by atoms with Crippen LogP contribution in [0.25, 0.3) is 0 Å². The van der Waals surface area contributed by atoms with Crippen LogP contribution in [0.15, 0.2) is 0 Å². The highest BCUT2D eigenvalue weighted by atomic mass is 16.6. The molecule has 0 heterocycles. The van der Waals surface area contributed by atoms with Crippen molar-refractivity contribution in [3.8, 4) is 6.07 Å². The maximum absolute atomic E-state index is 11.8. The Kier molecular flexibility index (Phi) is 4.03. The number of nitrogens with one attached hydrogen (secondary N) is 1. The van der Waals surface area contributed by atoms with Gasteiger partial charge >= 0.3 is 6.09 Å². The van der Waals surface area contributed by atoms with Gasteiger partial charge in [0.2, 0.25) is 0 Å². The lowest BCUT2D eigenvalue weighted by molar-refractivity contribution is 0.0426. The van der Waals surface area contributed by atoms with Crippen molar-refractivity contribution < 1.29 is 9.53 Å². The molecule has 0 aromatic rings. The number of nitriles is 1. The summed E-state index contributed by atoms with van der Waals surface area (Å²) in [5, 5.41) is 12.1. The van der Waals surface area contributed by atoms with E-state index in [-0.39, 0.29) is 5.92 Å². The summed E-state index contributed by atoms with van der Waals surface area (Å²) in [6.07, 6.45) is 3.30. The summed E-state index contributed by atoms with van der Waals surface area (Å²) in [7, 11) is 0. The minimum atomic E-state index is -0.749. The summed E-state index contributed by atoms with van der Waals surface area (Å²) in [4.78, 5) is 11.8. The molecule has 0 radical (unpaired) electrons. The number of hydrogen-bond acceptors (Lipinski definition) is 3. The SMILES string of the molecule is C[C@H]1CCCC[C@@]1(C#N)NC(=O)OC(C)(C)C. The average molecular weight is 238 g/mol. The van der Waals surface area contributed by atoms with Crippen LogP contribution >= 0.6 is 0 Å². The van der Waals surface area contributed by atoms with Crippen molar-refractivity contribution in [1.29, 1.82) is 5.26 Å². The highest BCUT2D eigenvalue weighted by molar-refractivity contribution is 5.69. The Hall–Kier alpha value is -1.24. The van der Waals surface area contributed by atoms with Crippen molar-refractivity contribution in [1.82, 2.24) is 5.32 Å². The summed E-state index contributed by atoms with van der Waals surface area (Å²) in [5.74, 6) is 0.175. The molecule has 4 heteroatoms. The predicted molar refractivity (Wildman–Crippen MR) is 65.3 cm³/mol. The molecule has 17 heavy (non-hydrogen) atoms. The first-order valence-electron chi connectivity index (χ1n) is 6.21. The molecule has 1 amide bonds. The fourth-order valence-electron chi connectivity index (χ4n) is 2.21. The third-order valence-corrected chi connectivity index (χ3v) is 3.22. The number of ether oxygens (including phenoxy) is 1. The highest BCUT2D eigenvalue weighted by Gasteiger charge is 2.40. The van der Waals surface area contributed by atoms with E-state index in [1.165, 1.54) is 0 Å². The number of nitrogens with zero attached hydrogens (tertiary/aromatic N) is 1. The lowest BCUT2D eigenvalue weighted by atomic mass is 9.74. The second-order valence-electron chi connectivity index (χ2n) is 5.86. The van der Waals surface area contributed by atoms with Crippen molar-refractivity contribution in [2.45, 2.75) is 64.5 Å². The number of alkyl carbamates (subject to hydrolysis) is 1. The van der Waals surface area contributed by atoms with Crippen LogP contribution < -0.4 is 5.32 Å². The zero-order valence-electron chi connectivity index (χ0n) is 11.2. The summed E-state index contributed by atoms with van der Waals surface area (Å²) < 4.78 is 5.21. The summed E-state index contributed by atoms with van der Waals surface area (Å²) in [6.45, 7) is 7.46. The molecule has 1 rings (SSSR count). The standard InChI is InChI=1S/C13H22N2O2/c1-10-7-5-6-8-13(10,9-14)15-11(16)17-12(2,3)4/h10H,5-8H2,1-4H3,(H,15,16)/t10-,13-/m0/s1. The van der Waals surface area contributed by atoms with Gasteiger partial charge in [0.15, 0.2) is 0 Å². The van der Waals surface area contributed by atoms with Crippen LogP contribution in [-0.2, 0) is 4.74 Å². The van der Waals surface area contributed by atoms with Gasteiger partial charge in [-0.3, -0.25) is 0 Å². The van der Waals surface area contributed by atoms with Crippen molar-refractivity contribution in [3.63, 3.8) is 0 Å². The van der Waals surface area contributed by atoms with Gasteiger partial charge in [0, 0.05) is 0 Å². The number of rotatable bonds is 1. The maximum Gasteiger partial charge on any atom is 0.408 e. The second kappa shape index (κ2) is 4.95. The molecule has 0 bridgehead atoms. The van der Waals surface area contributed by atoms with Crippen LogP contribution in [0.1, 0.15) is 53.4 Å². The van der Waals surface area contributed by atoms with Crippen LogP contribution in [-0.4, -0.2) is 17.2 Å². The van der Waals surface area contributed by atoms with Gasteiger partial charge in [-0.2, -0.15) is 5.26 Å². The smallest absolute Gasteiger partial charge is 0.408 e. The number of carbonyl (C=O) groups excluding carboxylic acids is 1. The van der Waals surface area contributed by atoms with E-state index in [0.29, 0.717) is 6.42 Å². The summed E-state index contributed by atoms with van der Waals surface area (Å²) in [6, 6.07) is 2.27. The highest BCUT2D eigenvalue weighted by Crippen LogP contribution is 2.33. The normalized spacial score (nSPS) is 29.2. The number of hydrogen-bond donors (Lipinski definition) is 1. The lowest BCUT2D eigenvalue weighted by Gasteiger charge is -2.37. The monoisotopic (exact) mass is 238 g/mol. The molecule has 1 saturated carbocycles. The van der Waals surface area contributed by atoms with E-state index in [2.05, 4.69) is 11.4 Å². The molecule has 1 aliphatic rings. The van der Waals surface area contributed by atoms with Gasteiger partial charge in [0.05, 0.1) is 6.07 Å². The Morgan fingerprint density at radius 1 is 1.47 bits per heavy atom. The Morgan fingerprint density at radius 3 is 2.59 bits per heavy atom. The van der Waals surface area contributed by atoms with Crippen LogP contribution in [0.2, 0.25) is 0 Å². The quantitative estimate of drug-likeness (QED) is 0.763. The Balaban J connectivity index is 2.69. The van der Waals surface area contributed by atoms with Gasteiger partial charge < -0.3 is 10.1 Å². The first-order valence-corrected chi connectivity index (χ1v) is 6.21. The third kappa shape index (κ3) is 3.62. The van der Waals surface area contributed by atoms with Crippen LogP contribution in [0, 0.1) is 17.2 Å². The molecular formula is C13H22N2O2. The van der Waals surface area contributed by atoms with Crippen molar-refractivity contribution in [2.75, 3.05) is 0 Å². The number of carbonyl (C=O) groups is 1. The topological polar surface area (TPSA) is 62.1 Å². The van der Waals surface area contributed by atoms with Crippen molar-refractivity contribution in [3.05, 3.63) is 0 Å². The molecule has 0 saturated heterocycles. The van der Waals surface area contributed by atoms with Crippen LogP contribution in [0.4, 0.5) is 4.79 Å². The molecular weight excluding hydrogens is 216 g/mol. The van der Waals surface area contributed by atoms with Gasteiger partial charge in [-0.15, -0.1) is 0 Å². The largest absolute Gasteiger partial charge is 0.444 e. The first-order chi connectivity index (χ1) is 7.79. The average Bonchev–Trinajstić information content (AvgIpc) is 2.19. The minimum Gasteiger partial charge on any atom is -0.444 e. The molecule has 96 valence electrons. The van der Waals surface area contributed by atoms with Crippen molar-refractivity contribution in [2.24, 2.45) is 5.92 Å². The van der Waals surface area contributed by atoms with E-state index in [4.69, 9.17) is 4.74 Å². The zero-order chi connectivity index (χ0) is 13.1. The fourth-order valence-corrected chi connectivity index (χ4v) is 2.21.